The van der Waals surface area contributed by atoms with Crippen LogP contribution in [-0.2, 0) is 9.59 Å². The minimum atomic E-state index is -0.836. The molecule has 1 amide bonds. The highest BCUT2D eigenvalue weighted by atomic mass is 16.4. The van der Waals surface area contributed by atoms with E-state index in [1.54, 1.807) is 6.92 Å². The second-order valence-corrected chi connectivity index (χ2v) is 3.78. The Kier molecular flexibility index (Phi) is 3.46. The van der Waals surface area contributed by atoms with Gasteiger partial charge in [-0.2, -0.15) is 0 Å². The number of hydrogen-bond donors (Lipinski definition) is 3. The summed E-state index contributed by atoms with van der Waals surface area (Å²) < 4.78 is 0. The van der Waals surface area contributed by atoms with E-state index < -0.39 is 17.9 Å². The summed E-state index contributed by atoms with van der Waals surface area (Å²) in [5.41, 5.74) is 5.38. The first kappa shape index (κ1) is 11.0. The van der Waals surface area contributed by atoms with Crippen LogP contribution in [0, 0.1) is 5.92 Å². The lowest BCUT2D eigenvalue weighted by molar-refractivity contribution is -0.142. The van der Waals surface area contributed by atoms with Crippen LogP contribution in [0.3, 0.4) is 0 Å². The first-order chi connectivity index (χ1) is 6.52. The Bertz CT molecular complexity index is 240. The van der Waals surface area contributed by atoms with Crippen molar-refractivity contribution in [3.63, 3.8) is 0 Å². The fourth-order valence-electron chi connectivity index (χ4n) is 1.74. The second kappa shape index (κ2) is 4.41. The summed E-state index contributed by atoms with van der Waals surface area (Å²) in [6.45, 7) is 1.58. The summed E-state index contributed by atoms with van der Waals surface area (Å²) >= 11 is 0. The van der Waals surface area contributed by atoms with E-state index >= 15 is 0 Å². The molecule has 14 heavy (non-hydrogen) atoms. The van der Waals surface area contributed by atoms with Crippen molar-refractivity contribution in [2.45, 2.75) is 38.3 Å². The van der Waals surface area contributed by atoms with E-state index in [9.17, 15) is 9.59 Å². The molecule has 1 aliphatic carbocycles. The number of rotatable bonds is 3. The number of nitrogens with one attached hydrogen (secondary N) is 1. The number of hydrogen-bond acceptors (Lipinski definition) is 3. The first-order valence-electron chi connectivity index (χ1n) is 4.81. The van der Waals surface area contributed by atoms with Crippen molar-refractivity contribution in [3.05, 3.63) is 0 Å². The predicted molar refractivity (Wildman–Crippen MR) is 50.6 cm³/mol. The molecule has 0 radical (unpaired) electrons. The van der Waals surface area contributed by atoms with Crippen LogP contribution in [0.2, 0.25) is 0 Å². The Balaban J connectivity index is 2.51. The van der Waals surface area contributed by atoms with Gasteiger partial charge in [-0.15, -0.1) is 0 Å². The van der Waals surface area contributed by atoms with Gasteiger partial charge in [0.05, 0.1) is 12.0 Å². The molecule has 0 aromatic carbocycles. The summed E-state index contributed by atoms with van der Waals surface area (Å²) in [5.74, 6) is -1.56. The number of amides is 1. The molecule has 0 aromatic rings. The van der Waals surface area contributed by atoms with Crippen LogP contribution in [-0.4, -0.2) is 29.1 Å². The van der Waals surface area contributed by atoms with Crippen molar-refractivity contribution < 1.29 is 14.7 Å². The van der Waals surface area contributed by atoms with E-state index in [2.05, 4.69) is 5.32 Å². The van der Waals surface area contributed by atoms with Gasteiger partial charge in [-0.25, -0.2) is 0 Å². The molecule has 1 fully saturated rings. The van der Waals surface area contributed by atoms with E-state index in [0.29, 0.717) is 6.42 Å². The van der Waals surface area contributed by atoms with Gasteiger partial charge in [0.15, 0.2) is 0 Å². The summed E-state index contributed by atoms with van der Waals surface area (Å²) in [5, 5.41) is 11.5. The van der Waals surface area contributed by atoms with Gasteiger partial charge in [0, 0.05) is 6.04 Å². The zero-order valence-electron chi connectivity index (χ0n) is 8.19. The Morgan fingerprint density at radius 3 is 2.64 bits per heavy atom. The van der Waals surface area contributed by atoms with Gasteiger partial charge in [-0.05, 0) is 19.8 Å². The number of carbonyl (C=O) groups is 2. The fraction of sp³-hybridized carbons (Fsp3) is 0.778. The van der Waals surface area contributed by atoms with Crippen LogP contribution in [0.15, 0.2) is 0 Å². The third-order valence-corrected chi connectivity index (χ3v) is 2.57. The summed E-state index contributed by atoms with van der Waals surface area (Å²) in [7, 11) is 0. The van der Waals surface area contributed by atoms with Crippen molar-refractivity contribution in [2.24, 2.45) is 11.7 Å². The molecule has 0 saturated heterocycles. The molecule has 80 valence electrons. The van der Waals surface area contributed by atoms with E-state index in [1.807, 2.05) is 0 Å². The third-order valence-electron chi connectivity index (χ3n) is 2.57. The maximum absolute atomic E-state index is 11.2. The molecule has 0 aromatic heterocycles. The third kappa shape index (κ3) is 2.45. The number of aliphatic carboxylic acids is 1. The average Bonchev–Trinajstić information content (AvgIpc) is 2.52. The molecule has 0 bridgehead atoms. The Morgan fingerprint density at radius 1 is 1.50 bits per heavy atom. The highest BCUT2D eigenvalue weighted by Gasteiger charge is 2.34. The summed E-state index contributed by atoms with van der Waals surface area (Å²) in [6.07, 6.45) is 2.22. The molecular weight excluding hydrogens is 184 g/mol. The van der Waals surface area contributed by atoms with Crippen molar-refractivity contribution in [2.75, 3.05) is 0 Å². The average molecular weight is 200 g/mol. The molecule has 0 aliphatic heterocycles. The lowest BCUT2D eigenvalue weighted by Crippen LogP contribution is -2.46. The summed E-state index contributed by atoms with van der Waals surface area (Å²) in [4.78, 5) is 22.0. The zero-order chi connectivity index (χ0) is 10.7. The van der Waals surface area contributed by atoms with Gasteiger partial charge in [0.25, 0.3) is 0 Å². The smallest absolute Gasteiger partial charge is 0.308 e. The van der Waals surface area contributed by atoms with Gasteiger partial charge in [0.2, 0.25) is 5.91 Å². The minimum absolute atomic E-state index is 0.244. The zero-order valence-corrected chi connectivity index (χ0v) is 8.19. The topological polar surface area (TPSA) is 92.4 Å². The Labute approximate surface area is 82.7 Å². The Morgan fingerprint density at radius 2 is 2.14 bits per heavy atom. The van der Waals surface area contributed by atoms with Gasteiger partial charge in [-0.3, -0.25) is 9.59 Å². The molecule has 3 atom stereocenters. The van der Waals surface area contributed by atoms with Crippen LogP contribution in [0.5, 0.6) is 0 Å². The maximum Gasteiger partial charge on any atom is 0.308 e. The monoisotopic (exact) mass is 200 g/mol. The molecular formula is C9H16N2O3. The molecule has 4 N–H and O–H groups in total. The van der Waals surface area contributed by atoms with Crippen molar-refractivity contribution in [3.8, 4) is 0 Å². The van der Waals surface area contributed by atoms with Crippen LogP contribution >= 0.6 is 0 Å². The van der Waals surface area contributed by atoms with Gasteiger partial charge >= 0.3 is 5.97 Å². The number of carboxylic acids is 1. The number of carboxylic acid groups (broad SMARTS) is 1. The fourth-order valence-corrected chi connectivity index (χ4v) is 1.74. The highest BCUT2D eigenvalue weighted by Crippen LogP contribution is 2.25. The second-order valence-electron chi connectivity index (χ2n) is 3.78. The van der Waals surface area contributed by atoms with Crippen LogP contribution < -0.4 is 11.1 Å². The van der Waals surface area contributed by atoms with Gasteiger partial charge in [-0.1, -0.05) is 6.42 Å². The number of nitrogens with two attached hydrogens (primary N) is 1. The SMILES string of the molecule is C[C@@H](N)C(=O)N[C@H]1CCC[C@H]1C(=O)O. The standard InChI is InChI=1S/C9H16N2O3/c1-5(10)8(12)11-7-4-2-3-6(7)9(13)14/h5-7H,2-4,10H2,1H3,(H,11,12)(H,13,14)/t5-,6-,7+/m1/s1. The minimum Gasteiger partial charge on any atom is -0.481 e. The quantitative estimate of drug-likeness (QED) is 0.583. The van der Waals surface area contributed by atoms with Crippen LogP contribution in [0.25, 0.3) is 0 Å². The molecule has 0 spiro atoms. The molecule has 5 nitrogen and oxygen atoms in total. The highest BCUT2D eigenvalue weighted by molar-refractivity contribution is 5.82. The maximum atomic E-state index is 11.2. The normalized spacial score (nSPS) is 28.4. The van der Waals surface area contributed by atoms with E-state index in [1.165, 1.54) is 0 Å². The van der Waals surface area contributed by atoms with E-state index in [0.717, 1.165) is 12.8 Å². The molecule has 0 unspecified atom stereocenters. The summed E-state index contributed by atoms with van der Waals surface area (Å²) in [6, 6.07) is -0.823. The molecule has 0 heterocycles. The predicted octanol–water partition coefficient (Wildman–Crippen LogP) is -0.297. The van der Waals surface area contributed by atoms with Crippen molar-refractivity contribution >= 4 is 11.9 Å². The van der Waals surface area contributed by atoms with E-state index in [-0.39, 0.29) is 11.9 Å². The van der Waals surface area contributed by atoms with Gasteiger partial charge in [0.1, 0.15) is 0 Å². The number of carbonyl (C=O) groups excluding carboxylic acids is 1. The molecule has 1 aliphatic rings. The molecule has 5 heteroatoms. The lowest BCUT2D eigenvalue weighted by Gasteiger charge is -2.18. The van der Waals surface area contributed by atoms with Gasteiger partial charge < -0.3 is 16.2 Å². The van der Waals surface area contributed by atoms with Crippen molar-refractivity contribution in [1.82, 2.24) is 5.32 Å². The Hall–Kier alpha value is -1.10. The lowest BCUT2D eigenvalue weighted by atomic mass is 10.0. The van der Waals surface area contributed by atoms with Crippen molar-refractivity contribution in [1.29, 1.82) is 0 Å². The van der Waals surface area contributed by atoms with Crippen LogP contribution in [0.1, 0.15) is 26.2 Å². The van der Waals surface area contributed by atoms with Crippen LogP contribution in [0.4, 0.5) is 0 Å². The first-order valence-corrected chi connectivity index (χ1v) is 4.81. The largest absolute Gasteiger partial charge is 0.481 e. The molecule has 1 saturated carbocycles. The molecule has 1 rings (SSSR count). The van der Waals surface area contributed by atoms with E-state index in [4.69, 9.17) is 10.8 Å².